The Bertz CT molecular complexity index is 860. The number of carbonyl (C=O) groups is 1. The molecular weight excluding hydrogens is 316 g/mol. The largest absolute Gasteiger partial charge is 0.435 e. The van der Waals surface area contributed by atoms with Crippen LogP contribution in [0.15, 0.2) is 54.7 Å². The first-order valence-electron chi connectivity index (χ1n) is 7.20. The summed E-state index contributed by atoms with van der Waals surface area (Å²) in [5.74, 6) is 0.0324. The van der Waals surface area contributed by atoms with Crippen LogP contribution in [-0.4, -0.2) is 17.2 Å². The van der Waals surface area contributed by atoms with Crippen LogP contribution in [0, 0.1) is 0 Å². The van der Waals surface area contributed by atoms with Crippen LogP contribution in [0.4, 0.5) is 25.0 Å². The Kier molecular flexibility index (Phi) is 4.33. The van der Waals surface area contributed by atoms with E-state index in [2.05, 4.69) is 15.4 Å². The molecule has 2 amide bonds. The number of hydrogen-bond acceptors (Lipinski definition) is 2. The van der Waals surface area contributed by atoms with Gasteiger partial charge < -0.3 is 19.9 Å². The summed E-state index contributed by atoms with van der Waals surface area (Å²) in [4.78, 5) is 12.1. The van der Waals surface area contributed by atoms with Crippen molar-refractivity contribution >= 4 is 28.3 Å². The number of nitrogens with one attached hydrogen (secondary N) is 2. The van der Waals surface area contributed by atoms with Crippen molar-refractivity contribution in [2.75, 3.05) is 10.6 Å². The van der Waals surface area contributed by atoms with Gasteiger partial charge in [0.2, 0.25) is 0 Å². The number of urea groups is 1. The highest BCUT2D eigenvalue weighted by molar-refractivity contribution is 6.06. The van der Waals surface area contributed by atoms with Gasteiger partial charge in [-0.3, -0.25) is 0 Å². The molecule has 2 aromatic carbocycles. The topological polar surface area (TPSA) is 55.3 Å². The lowest BCUT2D eigenvalue weighted by atomic mass is 10.2. The Morgan fingerprint density at radius 1 is 1.08 bits per heavy atom. The van der Waals surface area contributed by atoms with Gasteiger partial charge in [-0.15, -0.1) is 0 Å². The molecule has 1 aromatic heterocycles. The molecule has 0 saturated heterocycles. The molecular formula is C17H15F2N3O2. The SMILES string of the molecule is Cn1cc(NC(=O)Nc2ccc(OC(F)F)cc2)c2ccccc21. The molecule has 24 heavy (non-hydrogen) atoms. The van der Waals surface area contributed by atoms with Gasteiger partial charge in [0.1, 0.15) is 5.75 Å². The highest BCUT2D eigenvalue weighted by atomic mass is 19.3. The highest BCUT2D eigenvalue weighted by Gasteiger charge is 2.10. The van der Waals surface area contributed by atoms with Gasteiger partial charge in [0.05, 0.1) is 5.69 Å². The third kappa shape index (κ3) is 3.45. The normalized spacial score (nSPS) is 10.8. The van der Waals surface area contributed by atoms with Crippen LogP contribution >= 0.6 is 0 Å². The molecule has 0 spiro atoms. The molecule has 0 bridgehead atoms. The number of benzene rings is 2. The summed E-state index contributed by atoms with van der Waals surface area (Å²) in [6, 6.07) is 13.0. The van der Waals surface area contributed by atoms with Gasteiger partial charge in [0, 0.05) is 29.8 Å². The van der Waals surface area contributed by atoms with Crippen molar-refractivity contribution in [2.45, 2.75) is 6.61 Å². The summed E-state index contributed by atoms with van der Waals surface area (Å²) < 4.78 is 30.4. The molecule has 0 aliphatic heterocycles. The van der Waals surface area contributed by atoms with Crippen molar-refractivity contribution in [2.24, 2.45) is 7.05 Å². The van der Waals surface area contributed by atoms with E-state index in [0.29, 0.717) is 11.4 Å². The number of anilines is 2. The van der Waals surface area contributed by atoms with Gasteiger partial charge in [-0.25, -0.2) is 4.79 Å². The predicted octanol–water partition coefficient (Wildman–Crippen LogP) is 4.42. The Labute approximate surface area is 136 Å². The van der Waals surface area contributed by atoms with Crippen molar-refractivity contribution < 1.29 is 18.3 Å². The van der Waals surface area contributed by atoms with Gasteiger partial charge in [0.15, 0.2) is 0 Å². The molecule has 7 heteroatoms. The summed E-state index contributed by atoms with van der Waals surface area (Å²) in [5.41, 5.74) is 2.15. The number of fused-ring (bicyclic) bond motifs is 1. The average Bonchev–Trinajstić information content (AvgIpc) is 2.85. The second kappa shape index (κ2) is 6.57. The average molecular weight is 331 g/mol. The van der Waals surface area contributed by atoms with Crippen molar-refractivity contribution in [3.8, 4) is 5.75 Å². The summed E-state index contributed by atoms with van der Waals surface area (Å²) in [7, 11) is 1.90. The second-order valence-electron chi connectivity index (χ2n) is 5.15. The smallest absolute Gasteiger partial charge is 0.387 e. The number of aromatic nitrogens is 1. The fourth-order valence-electron chi connectivity index (χ4n) is 2.45. The van der Waals surface area contributed by atoms with Crippen LogP contribution in [0.2, 0.25) is 0 Å². The maximum Gasteiger partial charge on any atom is 0.387 e. The predicted molar refractivity (Wildman–Crippen MR) is 88.6 cm³/mol. The minimum Gasteiger partial charge on any atom is -0.435 e. The fourth-order valence-corrected chi connectivity index (χ4v) is 2.45. The molecule has 0 aliphatic carbocycles. The third-order valence-corrected chi connectivity index (χ3v) is 3.48. The van der Waals surface area contributed by atoms with Gasteiger partial charge in [-0.05, 0) is 30.3 Å². The van der Waals surface area contributed by atoms with E-state index in [4.69, 9.17) is 0 Å². The number of aryl methyl sites for hydroxylation is 1. The van der Waals surface area contributed by atoms with Crippen LogP contribution in [0.1, 0.15) is 0 Å². The molecule has 3 aromatic rings. The van der Waals surface area contributed by atoms with E-state index < -0.39 is 12.6 Å². The third-order valence-electron chi connectivity index (χ3n) is 3.48. The molecule has 0 unspecified atom stereocenters. The van der Waals surface area contributed by atoms with Crippen LogP contribution in [0.3, 0.4) is 0 Å². The molecule has 0 fully saturated rings. The van der Waals surface area contributed by atoms with E-state index in [0.717, 1.165) is 10.9 Å². The van der Waals surface area contributed by atoms with Crippen molar-refractivity contribution in [3.63, 3.8) is 0 Å². The molecule has 1 heterocycles. The number of alkyl halides is 2. The minimum atomic E-state index is -2.88. The number of hydrogen-bond donors (Lipinski definition) is 2. The zero-order valence-corrected chi connectivity index (χ0v) is 12.8. The number of halogens is 2. The van der Waals surface area contributed by atoms with E-state index in [1.807, 2.05) is 42.1 Å². The van der Waals surface area contributed by atoms with Gasteiger partial charge >= 0.3 is 12.6 Å². The maximum atomic E-state index is 12.1. The van der Waals surface area contributed by atoms with Gasteiger partial charge in [0.25, 0.3) is 0 Å². The van der Waals surface area contributed by atoms with Crippen molar-refractivity contribution in [3.05, 3.63) is 54.7 Å². The summed E-state index contributed by atoms with van der Waals surface area (Å²) in [6.07, 6.45) is 1.82. The number of para-hydroxylation sites is 1. The molecule has 0 radical (unpaired) electrons. The van der Waals surface area contributed by atoms with Crippen LogP contribution in [-0.2, 0) is 7.05 Å². The number of amides is 2. The second-order valence-corrected chi connectivity index (χ2v) is 5.15. The standard InChI is InChI=1S/C17H15F2N3O2/c1-22-10-14(13-4-2-3-5-15(13)22)21-17(23)20-11-6-8-12(9-7-11)24-16(18)19/h2-10,16H,1H3,(H2,20,21,23). The number of carbonyl (C=O) groups excluding carboxylic acids is 1. The van der Waals surface area contributed by atoms with E-state index in [9.17, 15) is 13.6 Å². The van der Waals surface area contributed by atoms with Gasteiger partial charge in [-0.1, -0.05) is 18.2 Å². The van der Waals surface area contributed by atoms with E-state index in [1.54, 1.807) is 0 Å². The maximum absolute atomic E-state index is 12.1. The Morgan fingerprint density at radius 2 is 1.79 bits per heavy atom. The van der Waals surface area contributed by atoms with Crippen molar-refractivity contribution in [1.82, 2.24) is 4.57 Å². The zero-order valence-electron chi connectivity index (χ0n) is 12.8. The van der Waals surface area contributed by atoms with E-state index >= 15 is 0 Å². The zero-order chi connectivity index (χ0) is 17.1. The molecule has 0 atom stereocenters. The van der Waals surface area contributed by atoms with E-state index in [1.165, 1.54) is 24.3 Å². The lowest BCUT2D eigenvalue weighted by Gasteiger charge is -2.08. The first-order chi connectivity index (χ1) is 11.5. The molecule has 124 valence electrons. The first kappa shape index (κ1) is 15.8. The fraction of sp³-hybridized carbons (Fsp3) is 0.118. The molecule has 0 aliphatic rings. The summed E-state index contributed by atoms with van der Waals surface area (Å²) in [5, 5.41) is 6.35. The highest BCUT2D eigenvalue weighted by Crippen LogP contribution is 2.25. The van der Waals surface area contributed by atoms with Crippen LogP contribution in [0.25, 0.3) is 10.9 Å². The van der Waals surface area contributed by atoms with Crippen LogP contribution in [0.5, 0.6) is 5.75 Å². The van der Waals surface area contributed by atoms with Crippen LogP contribution < -0.4 is 15.4 Å². The Balaban J connectivity index is 1.69. The lowest BCUT2D eigenvalue weighted by Crippen LogP contribution is -2.19. The molecule has 2 N–H and O–H groups in total. The lowest BCUT2D eigenvalue weighted by molar-refractivity contribution is -0.0498. The molecule has 3 rings (SSSR count). The number of ether oxygens (including phenoxy) is 1. The number of rotatable bonds is 4. The van der Waals surface area contributed by atoms with E-state index in [-0.39, 0.29) is 5.75 Å². The number of nitrogens with zero attached hydrogens (tertiary/aromatic N) is 1. The Hall–Kier alpha value is -3.09. The van der Waals surface area contributed by atoms with Gasteiger partial charge in [-0.2, -0.15) is 8.78 Å². The monoisotopic (exact) mass is 331 g/mol. The summed E-state index contributed by atoms with van der Waals surface area (Å²) in [6.45, 7) is -2.88. The Morgan fingerprint density at radius 3 is 2.50 bits per heavy atom. The molecule has 5 nitrogen and oxygen atoms in total. The first-order valence-corrected chi connectivity index (χ1v) is 7.20. The quantitative estimate of drug-likeness (QED) is 0.743. The minimum absolute atomic E-state index is 0.0324. The summed E-state index contributed by atoms with van der Waals surface area (Å²) >= 11 is 0. The molecule has 0 saturated carbocycles. The van der Waals surface area contributed by atoms with Crippen molar-refractivity contribution in [1.29, 1.82) is 0 Å².